The van der Waals surface area contributed by atoms with Crippen LogP contribution in [0.2, 0.25) is 0 Å². The first-order valence-electron chi connectivity index (χ1n) is 4.74. The summed E-state index contributed by atoms with van der Waals surface area (Å²) in [4.78, 5) is 0. The van der Waals surface area contributed by atoms with Gasteiger partial charge in [0.05, 0.1) is 0 Å². The lowest BCUT2D eigenvalue weighted by Crippen LogP contribution is -1.88. The molecular formula is C12H18. The lowest BCUT2D eigenvalue weighted by molar-refractivity contribution is 0.752. The number of allylic oxidation sites excluding steroid dienone is 5. The minimum Gasteiger partial charge on any atom is -0.0949 e. The summed E-state index contributed by atoms with van der Waals surface area (Å²) in [5, 5.41) is 0. The molecule has 0 atom stereocenters. The van der Waals surface area contributed by atoms with Gasteiger partial charge in [0, 0.05) is 0 Å². The highest BCUT2D eigenvalue weighted by Crippen LogP contribution is 2.32. The third-order valence-electron chi connectivity index (χ3n) is 2.33. The summed E-state index contributed by atoms with van der Waals surface area (Å²) in [6.45, 7) is 10.7. The topological polar surface area (TPSA) is 0 Å². The lowest BCUT2D eigenvalue weighted by Gasteiger charge is -2.03. The molecule has 0 aliphatic heterocycles. The van der Waals surface area contributed by atoms with Gasteiger partial charge in [-0.15, -0.1) is 0 Å². The SMILES string of the molecule is C=C1CC(C(C)C)=CC1=CCC. The first kappa shape index (κ1) is 9.31. The summed E-state index contributed by atoms with van der Waals surface area (Å²) >= 11 is 0. The van der Waals surface area contributed by atoms with Gasteiger partial charge in [0.15, 0.2) is 0 Å². The Labute approximate surface area is 75.7 Å². The predicted molar refractivity (Wildman–Crippen MR) is 55.1 cm³/mol. The van der Waals surface area contributed by atoms with Crippen molar-refractivity contribution in [1.29, 1.82) is 0 Å². The quantitative estimate of drug-likeness (QED) is 0.578. The first-order chi connectivity index (χ1) is 5.65. The minimum atomic E-state index is 0.671. The van der Waals surface area contributed by atoms with Crippen molar-refractivity contribution in [2.45, 2.75) is 33.6 Å². The van der Waals surface area contributed by atoms with Crippen molar-refractivity contribution in [1.82, 2.24) is 0 Å². The Morgan fingerprint density at radius 1 is 1.58 bits per heavy atom. The first-order valence-corrected chi connectivity index (χ1v) is 4.74. The molecule has 1 rings (SSSR count). The number of rotatable bonds is 2. The van der Waals surface area contributed by atoms with Gasteiger partial charge in [0.25, 0.3) is 0 Å². The number of hydrogen-bond acceptors (Lipinski definition) is 0. The normalized spacial score (nSPS) is 20.8. The summed E-state index contributed by atoms with van der Waals surface area (Å²) in [5.41, 5.74) is 4.18. The van der Waals surface area contributed by atoms with Crippen LogP contribution in [0.25, 0.3) is 0 Å². The maximum atomic E-state index is 4.07. The van der Waals surface area contributed by atoms with Crippen LogP contribution in [0.15, 0.2) is 35.5 Å². The molecule has 1 aliphatic rings. The van der Waals surface area contributed by atoms with Gasteiger partial charge in [-0.3, -0.25) is 0 Å². The van der Waals surface area contributed by atoms with E-state index in [0.29, 0.717) is 5.92 Å². The molecule has 0 aromatic carbocycles. The van der Waals surface area contributed by atoms with Crippen LogP contribution in [0, 0.1) is 5.92 Å². The van der Waals surface area contributed by atoms with Gasteiger partial charge in [-0.2, -0.15) is 0 Å². The third-order valence-corrected chi connectivity index (χ3v) is 2.33. The van der Waals surface area contributed by atoms with Gasteiger partial charge in [0.2, 0.25) is 0 Å². The highest BCUT2D eigenvalue weighted by Gasteiger charge is 2.14. The van der Waals surface area contributed by atoms with Crippen LogP contribution >= 0.6 is 0 Å². The fourth-order valence-corrected chi connectivity index (χ4v) is 1.50. The van der Waals surface area contributed by atoms with Crippen molar-refractivity contribution in [2.75, 3.05) is 0 Å². The summed E-state index contributed by atoms with van der Waals surface area (Å²) in [6, 6.07) is 0. The van der Waals surface area contributed by atoms with E-state index >= 15 is 0 Å². The van der Waals surface area contributed by atoms with Crippen LogP contribution in [-0.4, -0.2) is 0 Å². The molecule has 0 nitrogen and oxygen atoms in total. The fraction of sp³-hybridized carbons (Fsp3) is 0.500. The second-order valence-electron chi connectivity index (χ2n) is 3.72. The second kappa shape index (κ2) is 3.75. The molecule has 0 aromatic heterocycles. The molecular weight excluding hydrogens is 144 g/mol. The van der Waals surface area contributed by atoms with Gasteiger partial charge < -0.3 is 0 Å². The lowest BCUT2D eigenvalue weighted by atomic mass is 10.0. The molecule has 0 bridgehead atoms. The molecule has 0 N–H and O–H groups in total. The maximum absolute atomic E-state index is 4.07. The molecule has 0 heterocycles. The van der Waals surface area contributed by atoms with Gasteiger partial charge in [-0.25, -0.2) is 0 Å². The van der Waals surface area contributed by atoms with E-state index < -0.39 is 0 Å². The smallest absolute Gasteiger partial charge is 0.00613 e. The van der Waals surface area contributed by atoms with E-state index in [1.165, 1.54) is 16.7 Å². The van der Waals surface area contributed by atoms with Gasteiger partial charge in [-0.1, -0.05) is 45.1 Å². The Kier molecular flexibility index (Phi) is 2.91. The zero-order chi connectivity index (χ0) is 9.14. The van der Waals surface area contributed by atoms with Crippen LogP contribution < -0.4 is 0 Å². The zero-order valence-electron chi connectivity index (χ0n) is 8.35. The molecule has 0 radical (unpaired) electrons. The molecule has 0 aromatic rings. The van der Waals surface area contributed by atoms with Crippen molar-refractivity contribution in [3.63, 3.8) is 0 Å². The average molecular weight is 162 g/mol. The van der Waals surface area contributed by atoms with Crippen LogP contribution in [0.4, 0.5) is 0 Å². The summed E-state index contributed by atoms with van der Waals surface area (Å²) in [7, 11) is 0. The minimum absolute atomic E-state index is 0.671. The van der Waals surface area contributed by atoms with E-state index in [9.17, 15) is 0 Å². The monoisotopic (exact) mass is 162 g/mol. The molecule has 12 heavy (non-hydrogen) atoms. The van der Waals surface area contributed by atoms with Crippen LogP contribution in [0.5, 0.6) is 0 Å². The van der Waals surface area contributed by atoms with E-state index in [-0.39, 0.29) is 0 Å². The Morgan fingerprint density at radius 3 is 2.67 bits per heavy atom. The van der Waals surface area contributed by atoms with Crippen LogP contribution in [-0.2, 0) is 0 Å². The highest BCUT2D eigenvalue weighted by molar-refractivity contribution is 5.48. The largest absolute Gasteiger partial charge is 0.0949 e. The van der Waals surface area contributed by atoms with E-state index in [1.807, 2.05) is 0 Å². The standard InChI is InChI=1S/C12H18/c1-5-6-11-8-12(9(2)3)7-10(11)4/h6,8-9H,4-5,7H2,1-3H3. The molecule has 1 aliphatic carbocycles. The second-order valence-corrected chi connectivity index (χ2v) is 3.72. The summed E-state index contributed by atoms with van der Waals surface area (Å²) in [6.07, 6.45) is 6.76. The molecule has 66 valence electrons. The van der Waals surface area contributed by atoms with Crippen molar-refractivity contribution >= 4 is 0 Å². The fourth-order valence-electron chi connectivity index (χ4n) is 1.50. The van der Waals surface area contributed by atoms with Gasteiger partial charge in [0.1, 0.15) is 0 Å². The third kappa shape index (κ3) is 1.88. The van der Waals surface area contributed by atoms with E-state index in [0.717, 1.165) is 12.8 Å². The molecule has 0 saturated heterocycles. The van der Waals surface area contributed by atoms with E-state index in [4.69, 9.17) is 0 Å². The Bertz CT molecular complexity index is 239. The highest BCUT2D eigenvalue weighted by atomic mass is 14.2. The molecule has 0 unspecified atom stereocenters. The van der Waals surface area contributed by atoms with Crippen molar-refractivity contribution < 1.29 is 0 Å². The predicted octanol–water partition coefficient (Wildman–Crippen LogP) is 3.87. The summed E-state index contributed by atoms with van der Waals surface area (Å²) in [5.74, 6) is 0.671. The van der Waals surface area contributed by atoms with Crippen molar-refractivity contribution in [3.8, 4) is 0 Å². The van der Waals surface area contributed by atoms with Crippen LogP contribution in [0.1, 0.15) is 33.6 Å². The molecule has 0 spiro atoms. The van der Waals surface area contributed by atoms with Gasteiger partial charge in [-0.05, 0) is 29.9 Å². The molecule has 0 heteroatoms. The molecule has 0 fully saturated rings. The zero-order valence-corrected chi connectivity index (χ0v) is 8.35. The van der Waals surface area contributed by atoms with E-state index in [1.54, 1.807) is 0 Å². The van der Waals surface area contributed by atoms with Crippen molar-refractivity contribution in [3.05, 3.63) is 35.5 Å². The Hall–Kier alpha value is -0.780. The van der Waals surface area contributed by atoms with Crippen molar-refractivity contribution in [2.24, 2.45) is 5.92 Å². The maximum Gasteiger partial charge on any atom is -0.00613 e. The van der Waals surface area contributed by atoms with Crippen LogP contribution in [0.3, 0.4) is 0 Å². The average Bonchev–Trinajstić information content (AvgIpc) is 2.34. The molecule has 0 saturated carbocycles. The Morgan fingerprint density at radius 2 is 2.25 bits per heavy atom. The Balaban J connectivity index is 2.80. The molecule has 0 amide bonds. The number of hydrogen-bond donors (Lipinski definition) is 0. The summed E-state index contributed by atoms with van der Waals surface area (Å²) < 4.78 is 0. The van der Waals surface area contributed by atoms with Gasteiger partial charge >= 0.3 is 0 Å². The van der Waals surface area contributed by atoms with E-state index in [2.05, 4.69) is 39.5 Å².